The van der Waals surface area contributed by atoms with Gasteiger partial charge in [-0.1, -0.05) is 28.1 Å². The number of ether oxygens (including phenoxy) is 2. The average Bonchev–Trinajstić information content (AvgIpc) is 2.68. The number of carbonyl (C=O) groups excluding carboxylic acids is 2. The molecule has 3 rings (SSSR count). The highest BCUT2D eigenvalue weighted by atomic mass is 79.9. The van der Waals surface area contributed by atoms with Crippen molar-refractivity contribution in [2.24, 2.45) is 0 Å². The number of methoxy groups -OCH3 is 1. The second-order valence-electron chi connectivity index (χ2n) is 7.37. The standard InChI is InChI=1S/C23H26BrNO4/c1-16(26)17-9-10-20(21(14-17)28-2)29-13-4-8-22(27)25-23(11-5-12-23)18-6-3-7-19(24)15-18/h3,6-7,9-10,14-15H,4-5,8,11-13H2,1-2H3,(H,25,27). The summed E-state index contributed by atoms with van der Waals surface area (Å²) < 4.78 is 12.1. The molecule has 2 aromatic rings. The molecular weight excluding hydrogens is 434 g/mol. The van der Waals surface area contributed by atoms with Crippen LogP contribution in [0, 0.1) is 0 Å². The lowest BCUT2D eigenvalue weighted by molar-refractivity contribution is -0.124. The van der Waals surface area contributed by atoms with Crippen molar-refractivity contribution in [3.8, 4) is 11.5 Å². The largest absolute Gasteiger partial charge is 0.493 e. The maximum atomic E-state index is 12.5. The Hall–Kier alpha value is -2.34. The van der Waals surface area contributed by atoms with E-state index in [0.717, 1.165) is 29.3 Å². The first-order valence-corrected chi connectivity index (χ1v) is 10.6. The number of nitrogens with one attached hydrogen (secondary N) is 1. The van der Waals surface area contributed by atoms with E-state index in [0.29, 0.717) is 36.5 Å². The summed E-state index contributed by atoms with van der Waals surface area (Å²) in [6.45, 7) is 1.91. The van der Waals surface area contributed by atoms with Crippen molar-refractivity contribution in [2.75, 3.05) is 13.7 Å². The number of hydrogen-bond acceptors (Lipinski definition) is 4. The first kappa shape index (κ1) is 21.4. The molecule has 154 valence electrons. The van der Waals surface area contributed by atoms with E-state index in [-0.39, 0.29) is 17.2 Å². The fourth-order valence-corrected chi connectivity index (χ4v) is 3.95. The highest BCUT2D eigenvalue weighted by molar-refractivity contribution is 9.10. The summed E-state index contributed by atoms with van der Waals surface area (Å²) >= 11 is 3.51. The summed E-state index contributed by atoms with van der Waals surface area (Å²) in [5, 5.41) is 3.24. The van der Waals surface area contributed by atoms with Gasteiger partial charge >= 0.3 is 0 Å². The molecule has 6 heteroatoms. The third-order valence-corrected chi connectivity index (χ3v) is 5.83. The van der Waals surface area contributed by atoms with Crippen LogP contribution in [-0.2, 0) is 10.3 Å². The van der Waals surface area contributed by atoms with Crippen LogP contribution in [0.25, 0.3) is 0 Å². The molecule has 1 aliphatic rings. The molecular formula is C23H26BrNO4. The number of rotatable bonds is 9. The Kier molecular flexibility index (Phi) is 6.96. The maximum absolute atomic E-state index is 12.5. The molecule has 1 aliphatic carbocycles. The number of hydrogen-bond donors (Lipinski definition) is 1. The van der Waals surface area contributed by atoms with Crippen LogP contribution in [0.5, 0.6) is 11.5 Å². The lowest BCUT2D eigenvalue weighted by Gasteiger charge is -2.43. The minimum Gasteiger partial charge on any atom is -0.493 e. The maximum Gasteiger partial charge on any atom is 0.220 e. The zero-order valence-electron chi connectivity index (χ0n) is 16.8. The molecule has 0 radical (unpaired) electrons. The van der Waals surface area contributed by atoms with Gasteiger partial charge in [-0.05, 0) is 68.5 Å². The van der Waals surface area contributed by atoms with Gasteiger partial charge in [-0.15, -0.1) is 0 Å². The van der Waals surface area contributed by atoms with Crippen LogP contribution >= 0.6 is 15.9 Å². The summed E-state index contributed by atoms with van der Waals surface area (Å²) in [6, 6.07) is 13.3. The quantitative estimate of drug-likeness (QED) is 0.422. The van der Waals surface area contributed by atoms with E-state index in [1.165, 1.54) is 6.92 Å². The van der Waals surface area contributed by atoms with Crippen molar-refractivity contribution < 1.29 is 19.1 Å². The number of halogens is 1. The number of ketones is 1. The molecule has 0 unspecified atom stereocenters. The summed E-state index contributed by atoms with van der Waals surface area (Å²) in [4.78, 5) is 24.0. The molecule has 1 fully saturated rings. The topological polar surface area (TPSA) is 64.6 Å². The van der Waals surface area contributed by atoms with Crippen LogP contribution in [0.4, 0.5) is 0 Å². The Morgan fingerprint density at radius 2 is 1.93 bits per heavy atom. The van der Waals surface area contributed by atoms with Crippen LogP contribution in [-0.4, -0.2) is 25.4 Å². The van der Waals surface area contributed by atoms with Gasteiger partial charge in [-0.2, -0.15) is 0 Å². The molecule has 1 N–H and O–H groups in total. The summed E-state index contributed by atoms with van der Waals surface area (Å²) in [6.07, 6.45) is 4.03. The van der Waals surface area contributed by atoms with Gasteiger partial charge in [0.15, 0.2) is 17.3 Å². The highest BCUT2D eigenvalue weighted by Gasteiger charge is 2.39. The smallest absolute Gasteiger partial charge is 0.220 e. The van der Waals surface area contributed by atoms with E-state index >= 15 is 0 Å². The molecule has 0 bridgehead atoms. The van der Waals surface area contributed by atoms with Gasteiger partial charge in [0.05, 0.1) is 19.3 Å². The summed E-state index contributed by atoms with van der Waals surface area (Å²) in [5.41, 5.74) is 1.48. The van der Waals surface area contributed by atoms with Crippen molar-refractivity contribution >= 4 is 27.6 Å². The normalized spacial score (nSPS) is 14.6. The molecule has 2 aromatic carbocycles. The molecule has 0 aromatic heterocycles. The number of benzene rings is 2. The lowest BCUT2D eigenvalue weighted by Crippen LogP contribution is -2.50. The van der Waals surface area contributed by atoms with E-state index in [1.807, 2.05) is 12.1 Å². The molecule has 29 heavy (non-hydrogen) atoms. The molecule has 0 heterocycles. The van der Waals surface area contributed by atoms with E-state index in [2.05, 4.69) is 33.4 Å². The number of Topliss-reactive ketones (excluding diaryl/α,β-unsaturated/α-hetero) is 1. The first-order chi connectivity index (χ1) is 13.9. The molecule has 0 spiro atoms. The Balaban J connectivity index is 1.51. The van der Waals surface area contributed by atoms with Crippen molar-refractivity contribution in [1.29, 1.82) is 0 Å². The predicted molar refractivity (Wildman–Crippen MR) is 116 cm³/mol. The molecule has 0 aliphatic heterocycles. The van der Waals surface area contributed by atoms with E-state index in [4.69, 9.17) is 9.47 Å². The van der Waals surface area contributed by atoms with Crippen LogP contribution < -0.4 is 14.8 Å². The van der Waals surface area contributed by atoms with E-state index in [1.54, 1.807) is 25.3 Å². The third-order valence-electron chi connectivity index (χ3n) is 5.34. The second kappa shape index (κ2) is 9.44. The van der Waals surface area contributed by atoms with Crippen molar-refractivity contribution in [2.45, 2.75) is 44.6 Å². The zero-order valence-corrected chi connectivity index (χ0v) is 18.4. The Bertz CT molecular complexity index is 892. The van der Waals surface area contributed by atoms with Crippen molar-refractivity contribution in [1.82, 2.24) is 5.32 Å². The van der Waals surface area contributed by atoms with Gasteiger partial charge in [0, 0.05) is 16.5 Å². The van der Waals surface area contributed by atoms with Crippen molar-refractivity contribution in [3.63, 3.8) is 0 Å². The third kappa shape index (κ3) is 5.18. The number of carbonyl (C=O) groups is 2. The Morgan fingerprint density at radius 3 is 2.55 bits per heavy atom. The fraction of sp³-hybridized carbons (Fsp3) is 0.391. The van der Waals surface area contributed by atoms with Crippen LogP contribution in [0.3, 0.4) is 0 Å². The van der Waals surface area contributed by atoms with Gasteiger partial charge in [-0.25, -0.2) is 0 Å². The lowest BCUT2D eigenvalue weighted by atomic mass is 9.71. The van der Waals surface area contributed by atoms with Crippen LogP contribution in [0.2, 0.25) is 0 Å². The van der Waals surface area contributed by atoms with Gasteiger partial charge in [-0.3, -0.25) is 9.59 Å². The minimum atomic E-state index is -0.243. The van der Waals surface area contributed by atoms with Gasteiger partial charge < -0.3 is 14.8 Å². The number of amides is 1. The molecule has 1 amide bonds. The zero-order chi connectivity index (χ0) is 20.9. The highest BCUT2D eigenvalue weighted by Crippen LogP contribution is 2.42. The monoisotopic (exact) mass is 459 g/mol. The average molecular weight is 460 g/mol. The molecule has 1 saturated carbocycles. The van der Waals surface area contributed by atoms with Gasteiger partial charge in [0.2, 0.25) is 5.91 Å². The summed E-state index contributed by atoms with van der Waals surface area (Å²) in [7, 11) is 1.54. The molecule has 0 saturated heterocycles. The first-order valence-electron chi connectivity index (χ1n) is 9.82. The minimum absolute atomic E-state index is 0.0260. The van der Waals surface area contributed by atoms with Gasteiger partial charge in [0.25, 0.3) is 0 Å². The van der Waals surface area contributed by atoms with Crippen molar-refractivity contribution in [3.05, 3.63) is 58.1 Å². The second-order valence-corrected chi connectivity index (χ2v) is 8.28. The van der Waals surface area contributed by atoms with Crippen LogP contribution in [0.1, 0.15) is 54.9 Å². The predicted octanol–water partition coefficient (Wildman–Crippen LogP) is 5.01. The van der Waals surface area contributed by atoms with Crippen LogP contribution in [0.15, 0.2) is 46.9 Å². The molecule has 0 atom stereocenters. The fourth-order valence-electron chi connectivity index (χ4n) is 3.55. The Labute approximate surface area is 179 Å². The van der Waals surface area contributed by atoms with E-state index in [9.17, 15) is 9.59 Å². The summed E-state index contributed by atoms with van der Waals surface area (Å²) in [5.74, 6) is 1.10. The Morgan fingerprint density at radius 1 is 1.14 bits per heavy atom. The van der Waals surface area contributed by atoms with Gasteiger partial charge in [0.1, 0.15) is 0 Å². The van der Waals surface area contributed by atoms with E-state index < -0.39 is 0 Å². The SMILES string of the molecule is COc1cc(C(C)=O)ccc1OCCCC(=O)NC1(c2cccc(Br)c2)CCC1. The molecule has 5 nitrogen and oxygen atoms in total.